The van der Waals surface area contributed by atoms with E-state index in [4.69, 9.17) is 9.47 Å². The average molecular weight is 428 g/mol. The Hall–Kier alpha value is -2.06. The van der Waals surface area contributed by atoms with E-state index in [1.807, 2.05) is 0 Å². The van der Waals surface area contributed by atoms with E-state index < -0.39 is 22.5 Å². The van der Waals surface area contributed by atoms with Crippen molar-refractivity contribution in [3.8, 4) is 5.75 Å². The predicted octanol–water partition coefficient (Wildman–Crippen LogP) is 3.22. The quantitative estimate of drug-likeness (QED) is 0.634. The molecule has 0 radical (unpaired) electrons. The molecule has 0 saturated carbocycles. The van der Waals surface area contributed by atoms with Gasteiger partial charge in [0.25, 0.3) is 10.0 Å². The number of halogens is 1. The lowest BCUT2D eigenvalue weighted by molar-refractivity contribution is -0.141. The zero-order valence-electron chi connectivity index (χ0n) is 13.8. The Kier molecular flexibility index (Phi) is 6.44. The molecule has 0 fully saturated rings. The highest BCUT2D eigenvalue weighted by Gasteiger charge is 2.27. The summed E-state index contributed by atoms with van der Waals surface area (Å²) in [4.78, 5) is 12.0. The van der Waals surface area contributed by atoms with Crippen LogP contribution in [-0.2, 0) is 19.6 Å². The first-order chi connectivity index (χ1) is 11.9. The van der Waals surface area contributed by atoms with Crippen LogP contribution in [0.15, 0.2) is 57.9 Å². The van der Waals surface area contributed by atoms with Crippen molar-refractivity contribution < 1.29 is 22.7 Å². The number of hydrogen-bond acceptors (Lipinski definition) is 5. The summed E-state index contributed by atoms with van der Waals surface area (Å²) in [5, 5.41) is 0. The fourth-order valence-electron chi connectivity index (χ4n) is 2.12. The van der Waals surface area contributed by atoms with Gasteiger partial charge in [-0.05, 0) is 55.5 Å². The van der Waals surface area contributed by atoms with Crippen molar-refractivity contribution in [1.82, 2.24) is 0 Å². The molecule has 0 aromatic heterocycles. The van der Waals surface area contributed by atoms with Gasteiger partial charge in [-0.3, -0.25) is 9.10 Å². The first-order valence-electron chi connectivity index (χ1n) is 7.46. The van der Waals surface area contributed by atoms with Crippen LogP contribution in [0, 0.1) is 0 Å². The molecule has 0 saturated heterocycles. The summed E-state index contributed by atoms with van der Waals surface area (Å²) in [7, 11) is -2.42. The molecule has 0 bridgehead atoms. The fraction of sp³-hybridized carbons (Fsp3) is 0.235. The molecule has 2 rings (SSSR count). The highest BCUT2D eigenvalue weighted by molar-refractivity contribution is 9.10. The van der Waals surface area contributed by atoms with Gasteiger partial charge in [0.2, 0.25) is 0 Å². The van der Waals surface area contributed by atoms with Crippen LogP contribution >= 0.6 is 15.9 Å². The van der Waals surface area contributed by atoms with Crippen molar-refractivity contribution in [1.29, 1.82) is 0 Å². The molecule has 25 heavy (non-hydrogen) atoms. The van der Waals surface area contributed by atoms with Crippen molar-refractivity contribution in [3.05, 3.63) is 53.0 Å². The number of anilines is 1. The van der Waals surface area contributed by atoms with Gasteiger partial charge < -0.3 is 9.47 Å². The van der Waals surface area contributed by atoms with Gasteiger partial charge in [-0.1, -0.05) is 15.9 Å². The summed E-state index contributed by atoms with van der Waals surface area (Å²) < 4.78 is 37.8. The Morgan fingerprint density at radius 1 is 1.08 bits per heavy atom. The molecule has 2 aromatic rings. The lowest BCUT2D eigenvalue weighted by Gasteiger charge is -2.23. The van der Waals surface area contributed by atoms with E-state index in [0.717, 1.165) is 8.78 Å². The Bertz CT molecular complexity index is 819. The van der Waals surface area contributed by atoms with Crippen LogP contribution in [0.1, 0.15) is 6.92 Å². The van der Waals surface area contributed by atoms with Gasteiger partial charge >= 0.3 is 5.97 Å². The van der Waals surface area contributed by atoms with Crippen molar-refractivity contribution in [3.63, 3.8) is 0 Å². The predicted molar refractivity (Wildman–Crippen MR) is 98.3 cm³/mol. The number of sulfonamides is 1. The van der Waals surface area contributed by atoms with Crippen molar-refractivity contribution in [2.24, 2.45) is 0 Å². The maximum atomic E-state index is 13.0. The topological polar surface area (TPSA) is 72.9 Å². The molecule has 0 aliphatic heterocycles. The zero-order chi connectivity index (χ0) is 18.4. The monoisotopic (exact) mass is 427 g/mol. The molecule has 0 heterocycles. The van der Waals surface area contributed by atoms with Crippen LogP contribution in [0.4, 0.5) is 5.69 Å². The van der Waals surface area contributed by atoms with Gasteiger partial charge in [0.05, 0.1) is 24.3 Å². The second-order valence-electron chi connectivity index (χ2n) is 4.97. The van der Waals surface area contributed by atoms with E-state index >= 15 is 0 Å². The summed E-state index contributed by atoms with van der Waals surface area (Å²) in [6, 6.07) is 12.6. The van der Waals surface area contributed by atoms with E-state index in [-0.39, 0.29) is 11.5 Å². The molecular formula is C17H18BrNO5S. The number of carbonyl (C=O) groups excluding carboxylic acids is 1. The molecular weight excluding hydrogens is 410 g/mol. The minimum atomic E-state index is -3.93. The standard InChI is InChI=1S/C17H18BrNO5S/c1-3-24-17(20)12-19(14-6-8-15(23-2)9-7-14)25(21,22)16-10-4-13(18)5-11-16/h4-11H,3,12H2,1-2H3. The molecule has 0 atom stereocenters. The molecule has 0 amide bonds. The Labute approximate surface area is 155 Å². The van der Waals surface area contributed by atoms with E-state index in [1.165, 1.54) is 19.2 Å². The summed E-state index contributed by atoms with van der Waals surface area (Å²) in [5.74, 6) is -0.0418. The van der Waals surface area contributed by atoms with Crippen molar-refractivity contribution >= 4 is 37.6 Å². The van der Waals surface area contributed by atoms with Crippen molar-refractivity contribution in [2.45, 2.75) is 11.8 Å². The highest BCUT2D eigenvalue weighted by atomic mass is 79.9. The van der Waals surface area contributed by atoms with Gasteiger partial charge in [0.1, 0.15) is 12.3 Å². The highest BCUT2D eigenvalue weighted by Crippen LogP contribution is 2.26. The van der Waals surface area contributed by atoms with Gasteiger partial charge in [-0.2, -0.15) is 0 Å². The first kappa shape index (κ1) is 19.3. The minimum Gasteiger partial charge on any atom is -0.497 e. The smallest absolute Gasteiger partial charge is 0.326 e. The Morgan fingerprint density at radius 2 is 1.68 bits per heavy atom. The maximum absolute atomic E-state index is 13.0. The summed E-state index contributed by atoms with van der Waals surface area (Å²) in [6.07, 6.45) is 0. The van der Waals surface area contributed by atoms with Crippen LogP contribution in [0.2, 0.25) is 0 Å². The number of esters is 1. The number of benzene rings is 2. The molecule has 0 aliphatic rings. The molecule has 0 unspecified atom stereocenters. The Balaban J connectivity index is 2.45. The van der Waals surface area contributed by atoms with Crippen LogP contribution in [0.25, 0.3) is 0 Å². The maximum Gasteiger partial charge on any atom is 0.326 e. The van der Waals surface area contributed by atoms with Crippen LogP contribution in [0.5, 0.6) is 5.75 Å². The lowest BCUT2D eigenvalue weighted by Crippen LogP contribution is -2.36. The van der Waals surface area contributed by atoms with Gasteiger partial charge in [-0.15, -0.1) is 0 Å². The second kappa shape index (κ2) is 8.35. The third-order valence-electron chi connectivity index (χ3n) is 3.34. The SMILES string of the molecule is CCOC(=O)CN(c1ccc(OC)cc1)S(=O)(=O)c1ccc(Br)cc1. The molecule has 0 N–H and O–H groups in total. The summed E-state index contributed by atoms with van der Waals surface area (Å²) in [5.41, 5.74) is 0.344. The third-order valence-corrected chi connectivity index (χ3v) is 5.66. The minimum absolute atomic E-state index is 0.0795. The fourth-order valence-corrected chi connectivity index (χ4v) is 3.79. The second-order valence-corrected chi connectivity index (χ2v) is 7.75. The van der Waals surface area contributed by atoms with Gasteiger partial charge in [0.15, 0.2) is 0 Å². The van der Waals surface area contributed by atoms with Crippen molar-refractivity contribution in [2.75, 3.05) is 24.6 Å². The number of ether oxygens (including phenoxy) is 2. The third kappa shape index (κ3) is 4.73. The molecule has 2 aromatic carbocycles. The number of carbonyl (C=O) groups is 1. The zero-order valence-corrected chi connectivity index (χ0v) is 16.2. The first-order valence-corrected chi connectivity index (χ1v) is 9.69. The van der Waals surface area contributed by atoms with E-state index in [2.05, 4.69) is 15.9 Å². The summed E-state index contributed by atoms with van der Waals surface area (Å²) in [6.45, 7) is 1.42. The molecule has 134 valence electrons. The van der Waals surface area contributed by atoms with Crippen LogP contribution < -0.4 is 9.04 Å². The van der Waals surface area contributed by atoms with Crippen LogP contribution in [0.3, 0.4) is 0 Å². The molecule has 8 heteroatoms. The molecule has 0 aliphatic carbocycles. The number of rotatable bonds is 7. The van der Waals surface area contributed by atoms with Gasteiger partial charge in [0, 0.05) is 4.47 Å². The normalized spacial score (nSPS) is 11.0. The number of nitrogens with zero attached hydrogens (tertiary/aromatic N) is 1. The molecule has 6 nitrogen and oxygen atoms in total. The lowest BCUT2D eigenvalue weighted by atomic mass is 10.3. The van der Waals surface area contributed by atoms with E-state index in [1.54, 1.807) is 43.3 Å². The van der Waals surface area contributed by atoms with E-state index in [0.29, 0.717) is 11.4 Å². The van der Waals surface area contributed by atoms with E-state index in [9.17, 15) is 13.2 Å². The largest absolute Gasteiger partial charge is 0.497 e. The number of hydrogen-bond donors (Lipinski definition) is 0. The average Bonchev–Trinajstić information content (AvgIpc) is 2.60. The molecule has 0 spiro atoms. The number of methoxy groups -OCH3 is 1. The summed E-state index contributed by atoms with van der Waals surface area (Å²) >= 11 is 3.27. The van der Waals surface area contributed by atoms with Crippen LogP contribution in [-0.4, -0.2) is 34.6 Å². The Morgan fingerprint density at radius 3 is 2.20 bits per heavy atom. The van der Waals surface area contributed by atoms with Gasteiger partial charge in [-0.25, -0.2) is 8.42 Å².